The lowest BCUT2D eigenvalue weighted by Crippen LogP contribution is -2.43. The van der Waals surface area contributed by atoms with Crippen LogP contribution in [-0.4, -0.2) is 64.7 Å². The lowest BCUT2D eigenvalue weighted by atomic mass is 10.5. The Morgan fingerprint density at radius 3 is 1.94 bits per heavy atom. The van der Waals surface area contributed by atoms with E-state index in [1.807, 2.05) is 0 Å². The van der Waals surface area contributed by atoms with Crippen LogP contribution in [0.15, 0.2) is 0 Å². The van der Waals surface area contributed by atoms with Gasteiger partial charge in [-0.3, -0.25) is 0 Å². The number of halogens is 3. The molecule has 18 heavy (non-hydrogen) atoms. The first-order chi connectivity index (χ1) is 7.87. The molecular weight excluding hydrogens is 297 g/mol. The third kappa shape index (κ3) is 7.84. The Kier molecular flexibility index (Phi) is 6.04. The van der Waals surface area contributed by atoms with E-state index in [9.17, 15) is 30.0 Å². The van der Waals surface area contributed by atoms with E-state index in [0.29, 0.717) is 0 Å². The van der Waals surface area contributed by atoms with Crippen molar-refractivity contribution in [3.8, 4) is 0 Å². The first kappa shape index (κ1) is 17.6. The highest BCUT2D eigenvalue weighted by Gasteiger charge is 2.36. The van der Waals surface area contributed by atoms with Crippen molar-refractivity contribution in [3.63, 3.8) is 0 Å². The Bertz CT molecular complexity index is 458. The summed E-state index contributed by atoms with van der Waals surface area (Å²) in [4.78, 5) is 0. The summed E-state index contributed by atoms with van der Waals surface area (Å²) in [5, 5.41) is 0. The SMILES string of the molecule is CS(=O)(=O)CCS(=O)(=O)N(CCN)CC(F)(F)F. The molecule has 0 unspecified atom stereocenters. The molecule has 0 aromatic heterocycles. The summed E-state index contributed by atoms with van der Waals surface area (Å²) in [6, 6.07) is 0. The van der Waals surface area contributed by atoms with Crippen LogP contribution < -0.4 is 5.73 Å². The maximum atomic E-state index is 12.2. The number of rotatable bonds is 7. The summed E-state index contributed by atoms with van der Waals surface area (Å²) in [6.45, 7) is -2.46. The smallest absolute Gasteiger partial charge is 0.329 e. The van der Waals surface area contributed by atoms with E-state index in [1.165, 1.54) is 0 Å². The van der Waals surface area contributed by atoms with Gasteiger partial charge in [-0.25, -0.2) is 16.8 Å². The topological polar surface area (TPSA) is 97.5 Å². The van der Waals surface area contributed by atoms with E-state index in [2.05, 4.69) is 0 Å². The second-order valence-corrected chi connectivity index (χ2v) is 8.03. The Morgan fingerprint density at radius 2 is 1.61 bits per heavy atom. The Balaban J connectivity index is 4.88. The monoisotopic (exact) mass is 312 g/mol. The van der Waals surface area contributed by atoms with Crippen molar-refractivity contribution in [2.45, 2.75) is 6.18 Å². The van der Waals surface area contributed by atoms with Gasteiger partial charge in [-0.2, -0.15) is 17.5 Å². The molecular formula is C7H15F3N2O4S2. The van der Waals surface area contributed by atoms with E-state index in [0.717, 1.165) is 6.26 Å². The normalized spacial score (nSPS) is 14.1. The third-order valence-electron chi connectivity index (χ3n) is 1.84. The highest BCUT2D eigenvalue weighted by Crippen LogP contribution is 2.18. The third-order valence-corrected chi connectivity index (χ3v) is 4.86. The molecule has 0 radical (unpaired) electrons. The van der Waals surface area contributed by atoms with Gasteiger partial charge >= 0.3 is 6.18 Å². The van der Waals surface area contributed by atoms with Gasteiger partial charge < -0.3 is 5.73 Å². The van der Waals surface area contributed by atoms with Crippen molar-refractivity contribution >= 4 is 19.9 Å². The average molecular weight is 312 g/mol. The molecule has 0 spiro atoms. The van der Waals surface area contributed by atoms with Gasteiger partial charge in [0, 0.05) is 19.3 Å². The molecule has 2 N–H and O–H groups in total. The lowest BCUT2D eigenvalue weighted by Gasteiger charge is -2.22. The molecule has 6 nitrogen and oxygen atoms in total. The Hall–Kier alpha value is -0.390. The van der Waals surface area contributed by atoms with Crippen molar-refractivity contribution < 1.29 is 30.0 Å². The van der Waals surface area contributed by atoms with E-state index >= 15 is 0 Å². The summed E-state index contributed by atoms with van der Waals surface area (Å²) in [7, 11) is -7.86. The van der Waals surface area contributed by atoms with Crippen molar-refractivity contribution in [2.24, 2.45) is 5.73 Å². The van der Waals surface area contributed by atoms with Crippen molar-refractivity contribution in [1.29, 1.82) is 0 Å². The molecule has 0 heterocycles. The number of sulfonamides is 1. The lowest BCUT2D eigenvalue weighted by molar-refractivity contribution is -0.135. The number of nitrogens with zero attached hydrogens (tertiary/aromatic N) is 1. The standard InChI is InChI=1S/C7H15F3N2O4S2/c1-17(13,14)4-5-18(15,16)12(3-2-11)6-7(8,9)10/h2-6,11H2,1H3. The van der Waals surface area contributed by atoms with Crippen LogP contribution in [-0.2, 0) is 19.9 Å². The molecule has 0 atom stereocenters. The minimum absolute atomic E-state index is 0.151. The van der Waals surface area contributed by atoms with Crippen LogP contribution in [0.5, 0.6) is 0 Å². The quantitative estimate of drug-likeness (QED) is 0.662. The number of nitrogens with two attached hydrogens (primary N) is 1. The second-order valence-electron chi connectivity index (χ2n) is 3.68. The zero-order valence-corrected chi connectivity index (χ0v) is 11.3. The molecule has 0 aromatic carbocycles. The molecule has 0 aromatic rings. The van der Waals surface area contributed by atoms with Crippen LogP contribution in [0.4, 0.5) is 13.2 Å². The van der Waals surface area contributed by atoms with Gasteiger partial charge in [-0.1, -0.05) is 0 Å². The van der Waals surface area contributed by atoms with Gasteiger partial charge in [-0.15, -0.1) is 0 Å². The second kappa shape index (κ2) is 6.17. The van der Waals surface area contributed by atoms with Crippen LogP contribution in [0.1, 0.15) is 0 Å². The van der Waals surface area contributed by atoms with E-state index in [4.69, 9.17) is 5.73 Å². The Morgan fingerprint density at radius 1 is 1.11 bits per heavy atom. The molecule has 0 fully saturated rings. The maximum absolute atomic E-state index is 12.2. The highest BCUT2D eigenvalue weighted by molar-refractivity contribution is 7.93. The van der Waals surface area contributed by atoms with Gasteiger partial charge in [0.05, 0.1) is 11.5 Å². The minimum Gasteiger partial charge on any atom is -0.329 e. The molecule has 0 aliphatic rings. The number of hydrogen-bond acceptors (Lipinski definition) is 5. The first-order valence-electron chi connectivity index (χ1n) is 4.80. The number of sulfone groups is 1. The predicted octanol–water partition coefficient (Wildman–Crippen LogP) is -0.816. The van der Waals surface area contributed by atoms with Crippen LogP contribution >= 0.6 is 0 Å². The van der Waals surface area contributed by atoms with Crippen LogP contribution in [0.2, 0.25) is 0 Å². The highest BCUT2D eigenvalue weighted by atomic mass is 32.2. The fraction of sp³-hybridized carbons (Fsp3) is 1.00. The largest absolute Gasteiger partial charge is 0.402 e. The molecule has 0 bridgehead atoms. The summed E-state index contributed by atoms with van der Waals surface area (Å²) in [6.07, 6.45) is -3.90. The van der Waals surface area contributed by atoms with Crippen molar-refractivity contribution in [1.82, 2.24) is 4.31 Å². The van der Waals surface area contributed by atoms with Gasteiger partial charge in [-0.05, 0) is 0 Å². The van der Waals surface area contributed by atoms with Crippen molar-refractivity contribution in [3.05, 3.63) is 0 Å². The van der Waals surface area contributed by atoms with Gasteiger partial charge in [0.15, 0.2) is 0 Å². The van der Waals surface area contributed by atoms with Gasteiger partial charge in [0.2, 0.25) is 10.0 Å². The van der Waals surface area contributed by atoms with Gasteiger partial charge in [0.25, 0.3) is 0 Å². The van der Waals surface area contributed by atoms with Crippen LogP contribution in [0.25, 0.3) is 0 Å². The summed E-state index contributed by atoms with van der Waals surface area (Å²) in [5.41, 5.74) is 5.04. The summed E-state index contributed by atoms with van der Waals surface area (Å²) >= 11 is 0. The number of alkyl halides is 3. The minimum atomic E-state index is -4.70. The first-order valence-corrected chi connectivity index (χ1v) is 8.47. The molecule has 0 aliphatic carbocycles. The molecule has 110 valence electrons. The maximum Gasteiger partial charge on any atom is 0.402 e. The fourth-order valence-corrected chi connectivity index (χ4v) is 4.08. The summed E-state index contributed by atoms with van der Waals surface area (Å²) < 4.78 is 81.4. The molecule has 0 aliphatic heterocycles. The molecule has 11 heteroatoms. The van der Waals surface area contributed by atoms with E-state index < -0.39 is 50.6 Å². The van der Waals surface area contributed by atoms with Crippen LogP contribution in [0.3, 0.4) is 0 Å². The van der Waals surface area contributed by atoms with Gasteiger partial charge in [0.1, 0.15) is 16.4 Å². The van der Waals surface area contributed by atoms with E-state index in [1.54, 1.807) is 0 Å². The predicted molar refractivity (Wildman–Crippen MR) is 60.2 cm³/mol. The molecule has 0 saturated heterocycles. The fourth-order valence-electron chi connectivity index (χ4n) is 1.05. The zero-order chi connectivity index (χ0) is 14.6. The molecule has 0 rings (SSSR count). The molecule has 0 saturated carbocycles. The molecule has 0 amide bonds. The van der Waals surface area contributed by atoms with E-state index in [-0.39, 0.29) is 10.8 Å². The van der Waals surface area contributed by atoms with Crippen LogP contribution in [0, 0.1) is 0 Å². The van der Waals surface area contributed by atoms with Crippen molar-refractivity contribution in [2.75, 3.05) is 37.4 Å². The number of hydrogen-bond donors (Lipinski definition) is 1. The Labute approximate surface area is 104 Å². The average Bonchev–Trinajstić information content (AvgIpc) is 2.11. The zero-order valence-electron chi connectivity index (χ0n) is 9.64. The summed E-state index contributed by atoms with van der Waals surface area (Å²) in [5.74, 6) is -1.61.